The first kappa shape index (κ1) is 27.8. The first-order valence-electron chi connectivity index (χ1n) is 7.58. The van der Waals surface area contributed by atoms with E-state index in [0.29, 0.717) is 6.20 Å². The van der Waals surface area contributed by atoms with E-state index in [9.17, 15) is 53.3 Å². The molecule has 0 saturated heterocycles. The van der Waals surface area contributed by atoms with Crippen molar-refractivity contribution in [1.29, 1.82) is 0 Å². The quantitative estimate of drug-likeness (QED) is 0.115. The summed E-state index contributed by atoms with van der Waals surface area (Å²) in [6, 6.07) is 0. The maximum Gasteiger partial charge on any atom is 0.466 e. The van der Waals surface area contributed by atoms with Gasteiger partial charge < -0.3 is 19.3 Å². The molecule has 1 amide bonds. The number of rotatable bonds is 12. The van der Waals surface area contributed by atoms with Gasteiger partial charge >= 0.3 is 35.0 Å². The number of alkyl halides is 7. The van der Waals surface area contributed by atoms with Gasteiger partial charge in [0.15, 0.2) is 10.1 Å². The average Bonchev–Trinajstić information content (AvgIpc) is 2.57. The minimum absolute atomic E-state index is 0.261. The second kappa shape index (κ2) is 9.74. The lowest BCUT2D eigenvalue weighted by Crippen LogP contribution is -2.60. The summed E-state index contributed by atoms with van der Waals surface area (Å²) >= 11 is 0. The Kier molecular flexibility index (Phi) is 9.02. The van der Waals surface area contributed by atoms with Gasteiger partial charge in [-0.25, -0.2) is 13.2 Å². The van der Waals surface area contributed by atoms with Crippen LogP contribution in [0.3, 0.4) is 0 Å². The largest absolute Gasteiger partial charge is 0.743 e. The number of nitrogens with one attached hydrogen (secondary N) is 1. The Labute approximate surface area is 165 Å². The van der Waals surface area contributed by atoms with E-state index in [1.807, 2.05) is 0 Å². The molecule has 0 spiro atoms. The smallest absolute Gasteiger partial charge is 0.466 e. The summed E-state index contributed by atoms with van der Waals surface area (Å²) in [6.07, 6.45) is -8.79. The molecule has 30 heavy (non-hydrogen) atoms. The zero-order chi connectivity index (χ0) is 24.0. The number of carbonyl (C=O) groups excluding carboxylic acids is 2. The highest BCUT2D eigenvalue weighted by atomic mass is 32.2. The van der Waals surface area contributed by atoms with Gasteiger partial charge in [0.2, 0.25) is 0 Å². The van der Waals surface area contributed by atoms with Crippen LogP contribution in [0.15, 0.2) is 25.4 Å². The number of ether oxygens (including phenoxy) is 2. The zero-order valence-electron chi connectivity index (χ0n) is 14.8. The van der Waals surface area contributed by atoms with E-state index in [2.05, 4.69) is 22.6 Å². The second-order valence-electron chi connectivity index (χ2n) is 5.40. The number of esters is 1. The molecule has 1 N–H and O–H groups in total. The van der Waals surface area contributed by atoms with E-state index in [1.165, 1.54) is 5.32 Å². The standard InChI is InChI=1S/C14H16F7NO7S/c1-3-9(23)29-12(13(17,18)19,10(24)22-4-2)28-8-6-5-7-11(15,16)14(20,21)30(25,26)27/h3-4H,1-2,5-8H2,(H,22,24)(H,25,26,27)/p-1. The number of halogens is 7. The lowest BCUT2D eigenvalue weighted by molar-refractivity contribution is -0.346. The molecule has 8 nitrogen and oxygen atoms in total. The molecule has 0 aromatic heterocycles. The van der Waals surface area contributed by atoms with Gasteiger partial charge in [0.25, 0.3) is 0 Å². The number of carbonyl (C=O) groups is 2. The van der Waals surface area contributed by atoms with Crippen LogP contribution in [0.5, 0.6) is 0 Å². The molecule has 0 saturated carbocycles. The number of amides is 1. The molecule has 0 heterocycles. The molecule has 16 heteroatoms. The van der Waals surface area contributed by atoms with Gasteiger partial charge in [-0.3, -0.25) is 4.79 Å². The third kappa shape index (κ3) is 6.15. The molecule has 0 fully saturated rings. The van der Waals surface area contributed by atoms with Crippen molar-refractivity contribution in [1.82, 2.24) is 5.32 Å². The Bertz CT molecular complexity index is 767. The van der Waals surface area contributed by atoms with Crippen molar-refractivity contribution >= 4 is 22.0 Å². The summed E-state index contributed by atoms with van der Waals surface area (Å²) in [7, 11) is -6.72. The SMILES string of the molecule is C=CNC(=O)C(OCCCCC(F)(F)C(F)(F)S(=O)(=O)[O-])(OC(=O)C=C)C(F)(F)F. The van der Waals surface area contributed by atoms with E-state index < -0.39 is 71.0 Å². The topological polar surface area (TPSA) is 122 Å². The molecule has 0 aromatic carbocycles. The fourth-order valence-electron chi connectivity index (χ4n) is 1.77. The van der Waals surface area contributed by atoms with Crippen LogP contribution in [0.1, 0.15) is 19.3 Å². The first-order chi connectivity index (χ1) is 13.4. The van der Waals surface area contributed by atoms with Gasteiger partial charge in [-0.15, -0.1) is 0 Å². The van der Waals surface area contributed by atoms with Gasteiger partial charge in [-0.1, -0.05) is 13.2 Å². The summed E-state index contributed by atoms with van der Waals surface area (Å²) in [5.41, 5.74) is 0. The number of hydrogen-bond acceptors (Lipinski definition) is 7. The highest BCUT2D eigenvalue weighted by Crippen LogP contribution is 2.42. The molecule has 0 rings (SSSR count). The summed E-state index contributed by atoms with van der Waals surface area (Å²) < 4.78 is 132. The van der Waals surface area contributed by atoms with E-state index in [4.69, 9.17) is 0 Å². The Morgan fingerprint density at radius 2 is 1.57 bits per heavy atom. The zero-order valence-corrected chi connectivity index (χ0v) is 15.6. The molecule has 0 aliphatic carbocycles. The lowest BCUT2D eigenvalue weighted by Gasteiger charge is -2.32. The molecule has 0 radical (unpaired) electrons. The van der Waals surface area contributed by atoms with Crippen LogP contribution in [-0.2, 0) is 29.2 Å². The van der Waals surface area contributed by atoms with Crippen molar-refractivity contribution in [3.63, 3.8) is 0 Å². The van der Waals surface area contributed by atoms with Crippen LogP contribution >= 0.6 is 0 Å². The monoisotopic (exact) mass is 474 g/mol. The average molecular weight is 474 g/mol. The summed E-state index contributed by atoms with van der Waals surface area (Å²) in [6.45, 7) is 4.53. The van der Waals surface area contributed by atoms with E-state index >= 15 is 0 Å². The Morgan fingerprint density at radius 3 is 1.97 bits per heavy atom. The van der Waals surface area contributed by atoms with Crippen LogP contribution in [-0.4, -0.2) is 54.6 Å². The van der Waals surface area contributed by atoms with E-state index in [1.54, 1.807) is 0 Å². The molecule has 0 aliphatic rings. The van der Waals surface area contributed by atoms with Crippen molar-refractivity contribution in [2.24, 2.45) is 0 Å². The van der Waals surface area contributed by atoms with Gasteiger partial charge in [-0.05, 0) is 19.0 Å². The minimum atomic E-state index is -6.72. The van der Waals surface area contributed by atoms with Gasteiger partial charge in [-0.2, -0.15) is 30.7 Å². The van der Waals surface area contributed by atoms with Crippen molar-refractivity contribution < 1.29 is 62.8 Å². The summed E-state index contributed by atoms with van der Waals surface area (Å²) in [5, 5.41) is -4.49. The van der Waals surface area contributed by atoms with Crippen molar-refractivity contribution in [2.45, 2.75) is 42.4 Å². The molecular formula is C14H15F7NO7S-. The first-order valence-corrected chi connectivity index (χ1v) is 8.99. The van der Waals surface area contributed by atoms with Crippen molar-refractivity contribution in [2.75, 3.05) is 6.61 Å². The summed E-state index contributed by atoms with van der Waals surface area (Å²) in [4.78, 5) is 23.0. The molecule has 0 aliphatic heterocycles. The summed E-state index contributed by atoms with van der Waals surface area (Å²) in [5.74, 6) is -13.4. The lowest BCUT2D eigenvalue weighted by atomic mass is 10.1. The Morgan fingerprint density at radius 1 is 1.03 bits per heavy atom. The highest BCUT2D eigenvalue weighted by molar-refractivity contribution is 7.86. The van der Waals surface area contributed by atoms with Crippen LogP contribution in [0.2, 0.25) is 0 Å². The fourth-order valence-corrected chi connectivity index (χ4v) is 2.24. The fraction of sp³-hybridized carbons (Fsp3) is 0.571. The number of hydrogen-bond donors (Lipinski definition) is 1. The van der Waals surface area contributed by atoms with Crippen molar-refractivity contribution in [3.05, 3.63) is 25.4 Å². The second-order valence-corrected chi connectivity index (χ2v) is 6.82. The molecule has 174 valence electrons. The maximum atomic E-state index is 13.4. The minimum Gasteiger partial charge on any atom is -0.743 e. The van der Waals surface area contributed by atoms with Crippen molar-refractivity contribution in [3.8, 4) is 0 Å². The molecule has 0 aromatic rings. The highest BCUT2D eigenvalue weighted by Gasteiger charge is 2.66. The van der Waals surface area contributed by atoms with Gasteiger partial charge in [0, 0.05) is 12.5 Å². The Balaban J connectivity index is 5.36. The van der Waals surface area contributed by atoms with Crippen LogP contribution in [0.25, 0.3) is 0 Å². The molecule has 1 unspecified atom stereocenters. The predicted molar refractivity (Wildman–Crippen MR) is 82.8 cm³/mol. The molecule has 1 atom stereocenters. The van der Waals surface area contributed by atoms with Crippen LogP contribution in [0.4, 0.5) is 30.7 Å². The van der Waals surface area contributed by atoms with E-state index in [0.717, 1.165) is 0 Å². The number of unbranched alkanes of at least 4 members (excludes halogenated alkanes) is 1. The van der Waals surface area contributed by atoms with E-state index in [-0.39, 0.29) is 6.08 Å². The molecular weight excluding hydrogens is 459 g/mol. The molecule has 0 bridgehead atoms. The third-order valence-electron chi connectivity index (χ3n) is 3.25. The normalized spacial score (nSPS) is 15.1. The van der Waals surface area contributed by atoms with Crippen LogP contribution in [0, 0.1) is 0 Å². The van der Waals surface area contributed by atoms with Crippen LogP contribution < -0.4 is 5.32 Å². The third-order valence-corrected chi connectivity index (χ3v) is 4.17. The Hall–Kier alpha value is -2.20. The predicted octanol–water partition coefficient (Wildman–Crippen LogP) is 2.19. The maximum absolute atomic E-state index is 13.4. The van der Waals surface area contributed by atoms with Gasteiger partial charge in [0.1, 0.15) is 0 Å². The van der Waals surface area contributed by atoms with Gasteiger partial charge in [0.05, 0.1) is 6.61 Å².